The molecule has 0 bridgehead atoms. The summed E-state index contributed by atoms with van der Waals surface area (Å²) in [5, 5.41) is 4.42. The molecule has 1 N–H and O–H groups in total. The van der Waals surface area contributed by atoms with Gasteiger partial charge in [0.25, 0.3) is 0 Å². The lowest BCUT2D eigenvalue weighted by Gasteiger charge is -2.02. The van der Waals surface area contributed by atoms with Crippen LogP contribution >= 0.6 is 22.7 Å². The average Bonchev–Trinajstić information content (AvgIpc) is 3.15. The van der Waals surface area contributed by atoms with E-state index in [1.807, 2.05) is 17.8 Å². The first kappa shape index (κ1) is 13.4. The summed E-state index contributed by atoms with van der Waals surface area (Å²) in [6, 6.07) is 10.5. The molecule has 3 aromatic rings. The van der Waals surface area contributed by atoms with Crippen LogP contribution in [0.1, 0.15) is 12.6 Å². The molecule has 0 saturated carbocycles. The van der Waals surface area contributed by atoms with Crippen LogP contribution in [-0.2, 0) is 6.54 Å². The fraction of sp³-hybridized carbons (Fsp3) is 0.200. The quantitative estimate of drug-likeness (QED) is 0.773. The molecule has 5 heteroatoms. The topological polar surface area (TPSA) is 37.8 Å². The maximum absolute atomic E-state index is 4.79. The molecule has 102 valence electrons. The molecule has 0 spiro atoms. The molecule has 0 amide bonds. The van der Waals surface area contributed by atoms with Crippen LogP contribution in [0.4, 0.5) is 0 Å². The minimum Gasteiger partial charge on any atom is -0.311 e. The second-order valence-corrected chi connectivity index (χ2v) is 6.19. The van der Waals surface area contributed by atoms with Crippen LogP contribution in [0.25, 0.3) is 20.3 Å². The molecular formula is C15H15N3S2. The average molecular weight is 301 g/mol. The van der Waals surface area contributed by atoms with Gasteiger partial charge in [0, 0.05) is 12.7 Å². The summed E-state index contributed by atoms with van der Waals surface area (Å²) in [6.45, 7) is 3.86. The van der Waals surface area contributed by atoms with Gasteiger partial charge in [-0.05, 0) is 12.1 Å². The van der Waals surface area contributed by atoms with Crippen molar-refractivity contribution in [3.8, 4) is 20.3 Å². The number of hydrogen-bond acceptors (Lipinski definition) is 5. The van der Waals surface area contributed by atoms with E-state index in [4.69, 9.17) is 4.98 Å². The Morgan fingerprint density at radius 2 is 2.05 bits per heavy atom. The number of nitrogens with one attached hydrogen (secondary N) is 1. The summed E-state index contributed by atoms with van der Waals surface area (Å²) in [5.74, 6) is 0. The van der Waals surface area contributed by atoms with Crippen LogP contribution in [0.15, 0.2) is 42.0 Å². The summed E-state index contributed by atoms with van der Waals surface area (Å²) in [6.07, 6.45) is 1.88. The van der Waals surface area contributed by atoms with Crippen LogP contribution < -0.4 is 5.32 Å². The molecule has 3 nitrogen and oxygen atoms in total. The van der Waals surface area contributed by atoms with Gasteiger partial charge in [-0.25, -0.2) is 4.98 Å². The highest BCUT2D eigenvalue weighted by Crippen LogP contribution is 2.36. The molecule has 0 saturated heterocycles. The van der Waals surface area contributed by atoms with E-state index in [0.29, 0.717) is 0 Å². The van der Waals surface area contributed by atoms with Crippen molar-refractivity contribution in [2.45, 2.75) is 13.5 Å². The molecule has 2 aromatic heterocycles. The van der Waals surface area contributed by atoms with E-state index in [-0.39, 0.29) is 0 Å². The zero-order valence-electron chi connectivity index (χ0n) is 11.2. The highest BCUT2D eigenvalue weighted by Gasteiger charge is 2.14. The first-order valence-corrected chi connectivity index (χ1v) is 8.22. The molecule has 1 aromatic carbocycles. The van der Waals surface area contributed by atoms with E-state index >= 15 is 0 Å². The maximum Gasteiger partial charge on any atom is 0.135 e. The number of aromatic nitrogens is 2. The highest BCUT2D eigenvalue weighted by molar-refractivity contribution is 7.22. The minimum atomic E-state index is 0.802. The van der Waals surface area contributed by atoms with Crippen molar-refractivity contribution in [3.63, 3.8) is 0 Å². The van der Waals surface area contributed by atoms with Crippen molar-refractivity contribution < 1.29 is 0 Å². The van der Waals surface area contributed by atoms with Crippen LogP contribution in [-0.4, -0.2) is 16.5 Å². The predicted molar refractivity (Wildman–Crippen MR) is 86.0 cm³/mol. The zero-order valence-corrected chi connectivity index (χ0v) is 12.8. The van der Waals surface area contributed by atoms with Gasteiger partial charge in [-0.2, -0.15) is 0 Å². The molecule has 0 aliphatic carbocycles. The largest absolute Gasteiger partial charge is 0.311 e. The molecular weight excluding hydrogens is 286 g/mol. The Bertz CT molecular complexity index is 660. The Balaban J connectivity index is 2.02. The second kappa shape index (κ2) is 6.26. The van der Waals surface area contributed by atoms with E-state index in [2.05, 4.69) is 41.5 Å². The summed E-state index contributed by atoms with van der Waals surface area (Å²) in [5.41, 5.74) is 4.20. The smallest absolute Gasteiger partial charge is 0.135 e. The fourth-order valence-electron chi connectivity index (χ4n) is 1.96. The van der Waals surface area contributed by atoms with Gasteiger partial charge in [-0.15, -0.1) is 22.7 Å². The van der Waals surface area contributed by atoms with Gasteiger partial charge in [0.05, 0.1) is 21.0 Å². The normalized spacial score (nSPS) is 10.8. The lowest BCUT2D eigenvalue weighted by Crippen LogP contribution is -2.12. The summed E-state index contributed by atoms with van der Waals surface area (Å²) < 4.78 is 0. The Morgan fingerprint density at radius 1 is 1.20 bits per heavy atom. The second-order valence-electron chi connectivity index (χ2n) is 4.31. The minimum absolute atomic E-state index is 0.802. The van der Waals surface area contributed by atoms with E-state index in [9.17, 15) is 0 Å². The molecule has 20 heavy (non-hydrogen) atoms. The molecule has 0 aliphatic heterocycles. The molecule has 0 unspecified atom stereocenters. The lowest BCUT2D eigenvalue weighted by atomic mass is 10.1. The first-order valence-electron chi connectivity index (χ1n) is 6.53. The molecule has 2 heterocycles. The molecule has 0 fully saturated rings. The molecule has 0 aliphatic rings. The molecule has 0 radical (unpaired) electrons. The van der Waals surface area contributed by atoms with Gasteiger partial charge in [0.15, 0.2) is 0 Å². The standard InChI is InChI=1S/C15H15N3S2/c1-2-16-8-12-14(11-6-4-3-5-7-11)20-15(18-12)13-9-17-10-19-13/h3-7,9-10,16H,2,8H2,1H3. The third kappa shape index (κ3) is 2.80. The van der Waals surface area contributed by atoms with Crippen molar-refractivity contribution in [1.82, 2.24) is 15.3 Å². The van der Waals surface area contributed by atoms with Gasteiger partial charge in [0.2, 0.25) is 0 Å². The number of thiazole rings is 2. The van der Waals surface area contributed by atoms with Gasteiger partial charge in [-0.1, -0.05) is 37.3 Å². The van der Waals surface area contributed by atoms with E-state index in [0.717, 1.165) is 28.7 Å². The van der Waals surface area contributed by atoms with Crippen molar-refractivity contribution >= 4 is 22.7 Å². The van der Waals surface area contributed by atoms with Crippen LogP contribution in [0, 0.1) is 0 Å². The van der Waals surface area contributed by atoms with Gasteiger partial charge in [0.1, 0.15) is 5.01 Å². The van der Waals surface area contributed by atoms with E-state index in [1.54, 1.807) is 22.7 Å². The Morgan fingerprint density at radius 3 is 2.75 bits per heavy atom. The van der Waals surface area contributed by atoms with Crippen molar-refractivity contribution in [1.29, 1.82) is 0 Å². The highest BCUT2D eigenvalue weighted by atomic mass is 32.1. The number of hydrogen-bond donors (Lipinski definition) is 1. The van der Waals surface area contributed by atoms with Crippen molar-refractivity contribution in [2.24, 2.45) is 0 Å². The Hall–Kier alpha value is -1.56. The maximum atomic E-state index is 4.79. The van der Waals surface area contributed by atoms with Gasteiger partial charge >= 0.3 is 0 Å². The molecule has 3 rings (SSSR count). The summed E-state index contributed by atoms with van der Waals surface area (Å²) in [4.78, 5) is 11.3. The SMILES string of the molecule is CCNCc1nc(-c2cncs2)sc1-c1ccccc1. The number of nitrogens with zero attached hydrogens (tertiary/aromatic N) is 2. The monoisotopic (exact) mass is 301 g/mol. The Labute approximate surface area is 126 Å². The molecule has 0 atom stereocenters. The fourth-order valence-corrected chi connectivity index (χ4v) is 3.72. The third-order valence-electron chi connectivity index (χ3n) is 2.92. The van der Waals surface area contributed by atoms with Crippen LogP contribution in [0.5, 0.6) is 0 Å². The number of rotatable bonds is 5. The van der Waals surface area contributed by atoms with Crippen molar-refractivity contribution in [2.75, 3.05) is 6.54 Å². The Kier molecular flexibility index (Phi) is 4.20. The van der Waals surface area contributed by atoms with Gasteiger partial charge in [-0.3, -0.25) is 4.98 Å². The zero-order chi connectivity index (χ0) is 13.8. The van der Waals surface area contributed by atoms with Crippen LogP contribution in [0.3, 0.4) is 0 Å². The summed E-state index contributed by atoms with van der Waals surface area (Å²) >= 11 is 3.37. The van der Waals surface area contributed by atoms with Gasteiger partial charge < -0.3 is 5.32 Å². The lowest BCUT2D eigenvalue weighted by molar-refractivity contribution is 0.716. The third-order valence-corrected chi connectivity index (χ3v) is 5.01. The first-order chi connectivity index (χ1) is 9.88. The predicted octanol–water partition coefficient (Wildman–Crippen LogP) is 4.04. The summed E-state index contributed by atoms with van der Waals surface area (Å²) in [7, 11) is 0. The number of benzene rings is 1. The van der Waals surface area contributed by atoms with E-state index in [1.165, 1.54) is 10.4 Å². The van der Waals surface area contributed by atoms with Crippen LogP contribution in [0.2, 0.25) is 0 Å². The van der Waals surface area contributed by atoms with E-state index < -0.39 is 0 Å². The van der Waals surface area contributed by atoms with Crippen molar-refractivity contribution in [3.05, 3.63) is 47.7 Å².